The third-order valence-electron chi connectivity index (χ3n) is 3.67. The lowest BCUT2D eigenvalue weighted by atomic mass is 10.00. The molecule has 0 aromatic heterocycles. The quantitative estimate of drug-likeness (QED) is 0.360. The van der Waals surface area contributed by atoms with E-state index in [9.17, 15) is 0 Å². The van der Waals surface area contributed by atoms with Crippen LogP contribution in [-0.2, 0) is 0 Å². The van der Waals surface area contributed by atoms with Crippen LogP contribution in [0.2, 0.25) is 0 Å². The van der Waals surface area contributed by atoms with Crippen molar-refractivity contribution in [3.8, 4) is 11.8 Å². The standard InChI is InChI=1S/C19H28/c1-4-6-8-10-12-17(3)19-15-14-18(16-19)13-11-9-7-5-2/h14-16,18H,3,5,7-13H2,1-2H3/t18-/m0/s1. The summed E-state index contributed by atoms with van der Waals surface area (Å²) in [6.45, 7) is 8.38. The Hall–Kier alpha value is -1.22. The van der Waals surface area contributed by atoms with Crippen molar-refractivity contribution >= 4 is 0 Å². The first-order valence-corrected chi connectivity index (χ1v) is 7.75. The second-order valence-corrected chi connectivity index (χ2v) is 5.38. The fraction of sp³-hybridized carbons (Fsp3) is 0.579. The maximum atomic E-state index is 4.21. The maximum Gasteiger partial charge on any atom is 0.00917 e. The minimum Gasteiger partial charge on any atom is -0.107 e. The summed E-state index contributed by atoms with van der Waals surface area (Å²) in [4.78, 5) is 0. The Morgan fingerprint density at radius 2 is 2.11 bits per heavy atom. The fourth-order valence-electron chi connectivity index (χ4n) is 2.45. The maximum absolute atomic E-state index is 4.21. The van der Waals surface area contributed by atoms with Gasteiger partial charge in [0, 0.05) is 6.42 Å². The summed E-state index contributed by atoms with van der Waals surface area (Å²) in [5.74, 6) is 6.71. The van der Waals surface area contributed by atoms with Gasteiger partial charge in [-0.15, -0.1) is 11.8 Å². The van der Waals surface area contributed by atoms with Gasteiger partial charge >= 0.3 is 0 Å². The monoisotopic (exact) mass is 256 g/mol. The molecule has 0 nitrogen and oxygen atoms in total. The van der Waals surface area contributed by atoms with Crippen LogP contribution >= 0.6 is 0 Å². The number of unbranched alkanes of at least 4 members (excludes halogenated alkanes) is 4. The summed E-state index contributed by atoms with van der Waals surface area (Å²) in [6.07, 6.45) is 16.9. The molecule has 1 rings (SSSR count). The highest BCUT2D eigenvalue weighted by Gasteiger charge is 2.10. The highest BCUT2D eigenvalue weighted by atomic mass is 14.2. The van der Waals surface area contributed by atoms with Crippen molar-refractivity contribution in [3.63, 3.8) is 0 Å². The first kappa shape index (κ1) is 15.8. The van der Waals surface area contributed by atoms with Gasteiger partial charge in [-0.1, -0.05) is 57.4 Å². The number of rotatable bonds is 9. The smallest absolute Gasteiger partial charge is 0.00917 e. The van der Waals surface area contributed by atoms with Crippen LogP contribution in [0.3, 0.4) is 0 Å². The zero-order valence-electron chi connectivity index (χ0n) is 12.7. The molecule has 0 bridgehead atoms. The molecule has 0 saturated heterocycles. The lowest BCUT2D eigenvalue weighted by molar-refractivity contribution is 0.592. The summed E-state index contributed by atoms with van der Waals surface area (Å²) >= 11 is 0. The van der Waals surface area contributed by atoms with E-state index in [1.165, 1.54) is 43.3 Å². The first-order chi connectivity index (χ1) is 9.27. The molecule has 104 valence electrons. The molecule has 0 saturated carbocycles. The van der Waals surface area contributed by atoms with Gasteiger partial charge in [0.25, 0.3) is 0 Å². The minimum absolute atomic E-state index is 0.652. The van der Waals surface area contributed by atoms with Crippen LogP contribution < -0.4 is 0 Å². The van der Waals surface area contributed by atoms with E-state index in [0.29, 0.717) is 5.92 Å². The molecule has 0 heterocycles. The Morgan fingerprint density at radius 1 is 1.26 bits per heavy atom. The van der Waals surface area contributed by atoms with Gasteiger partial charge in [0.1, 0.15) is 0 Å². The summed E-state index contributed by atoms with van der Waals surface area (Å²) < 4.78 is 0. The van der Waals surface area contributed by atoms with E-state index in [-0.39, 0.29) is 0 Å². The highest BCUT2D eigenvalue weighted by molar-refractivity contribution is 5.43. The van der Waals surface area contributed by atoms with Crippen molar-refractivity contribution in [1.82, 2.24) is 0 Å². The van der Waals surface area contributed by atoms with Crippen LogP contribution in [-0.4, -0.2) is 0 Å². The number of allylic oxidation sites excluding steroid dienone is 5. The van der Waals surface area contributed by atoms with Crippen molar-refractivity contribution in [2.24, 2.45) is 5.92 Å². The molecule has 0 N–H and O–H groups in total. The van der Waals surface area contributed by atoms with Crippen LogP contribution in [0.1, 0.15) is 65.2 Å². The predicted molar refractivity (Wildman–Crippen MR) is 85.9 cm³/mol. The number of hydrogen-bond donors (Lipinski definition) is 0. The molecule has 0 amide bonds. The van der Waals surface area contributed by atoms with Crippen molar-refractivity contribution < 1.29 is 0 Å². The van der Waals surface area contributed by atoms with Crippen molar-refractivity contribution in [3.05, 3.63) is 36.0 Å². The normalized spacial score (nSPS) is 16.9. The second kappa shape index (κ2) is 9.68. The lowest BCUT2D eigenvalue weighted by Crippen LogP contribution is -1.90. The van der Waals surface area contributed by atoms with E-state index < -0.39 is 0 Å². The molecule has 0 aliphatic heterocycles. The average Bonchev–Trinajstić information content (AvgIpc) is 2.88. The van der Waals surface area contributed by atoms with Gasteiger partial charge < -0.3 is 0 Å². The third kappa shape index (κ3) is 6.48. The molecular weight excluding hydrogens is 228 g/mol. The summed E-state index contributed by atoms with van der Waals surface area (Å²) in [7, 11) is 0. The van der Waals surface area contributed by atoms with E-state index in [0.717, 1.165) is 19.3 Å². The van der Waals surface area contributed by atoms with Gasteiger partial charge in [0.15, 0.2) is 0 Å². The summed E-state index contributed by atoms with van der Waals surface area (Å²) in [5.41, 5.74) is 2.65. The van der Waals surface area contributed by atoms with Crippen LogP contribution in [0.25, 0.3) is 0 Å². The van der Waals surface area contributed by atoms with Crippen LogP contribution in [0.5, 0.6) is 0 Å². The van der Waals surface area contributed by atoms with Gasteiger partial charge in [-0.05, 0) is 43.3 Å². The Labute approximate surface area is 119 Å². The van der Waals surface area contributed by atoms with Gasteiger partial charge in [-0.2, -0.15) is 0 Å². The Morgan fingerprint density at radius 3 is 2.84 bits per heavy atom. The van der Waals surface area contributed by atoms with Crippen molar-refractivity contribution in [1.29, 1.82) is 0 Å². The summed E-state index contributed by atoms with van der Waals surface area (Å²) in [5, 5.41) is 0. The molecule has 0 spiro atoms. The molecule has 0 radical (unpaired) electrons. The molecule has 0 aromatic carbocycles. The molecule has 0 fully saturated rings. The molecule has 1 aliphatic carbocycles. The highest BCUT2D eigenvalue weighted by Crippen LogP contribution is 2.27. The Balaban J connectivity index is 2.25. The van der Waals surface area contributed by atoms with Gasteiger partial charge in [0.05, 0.1) is 0 Å². The molecule has 1 atom stereocenters. The van der Waals surface area contributed by atoms with E-state index in [2.05, 4.69) is 43.6 Å². The Kier molecular flexibility index (Phi) is 8.07. The lowest BCUT2D eigenvalue weighted by Gasteiger charge is -2.06. The van der Waals surface area contributed by atoms with Crippen molar-refractivity contribution in [2.45, 2.75) is 65.2 Å². The topological polar surface area (TPSA) is 0 Å². The molecule has 0 heteroatoms. The minimum atomic E-state index is 0.652. The summed E-state index contributed by atoms with van der Waals surface area (Å²) in [6, 6.07) is 0. The van der Waals surface area contributed by atoms with Gasteiger partial charge in [0.2, 0.25) is 0 Å². The zero-order valence-corrected chi connectivity index (χ0v) is 12.7. The predicted octanol–water partition coefficient (Wildman–Crippen LogP) is 5.82. The molecule has 19 heavy (non-hydrogen) atoms. The zero-order chi connectivity index (χ0) is 13.9. The van der Waals surface area contributed by atoms with E-state index in [1.54, 1.807) is 0 Å². The van der Waals surface area contributed by atoms with Gasteiger partial charge in [-0.3, -0.25) is 0 Å². The van der Waals surface area contributed by atoms with Crippen LogP contribution in [0.4, 0.5) is 0 Å². The van der Waals surface area contributed by atoms with Crippen LogP contribution in [0, 0.1) is 17.8 Å². The molecule has 1 aliphatic rings. The Bertz CT molecular complexity index is 384. The SMILES string of the molecule is C=C(CCCC#CC)C1=C[C@@H](CCCCCC)C=C1. The van der Waals surface area contributed by atoms with E-state index in [4.69, 9.17) is 0 Å². The van der Waals surface area contributed by atoms with Gasteiger partial charge in [-0.25, -0.2) is 0 Å². The van der Waals surface area contributed by atoms with E-state index >= 15 is 0 Å². The largest absolute Gasteiger partial charge is 0.107 e. The number of hydrogen-bond acceptors (Lipinski definition) is 0. The van der Waals surface area contributed by atoms with Crippen molar-refractivity contribution in [2.75, 3.05) is 0 Å². The van der Waals surface area contributed by atoms with Crippen LogP contribution in [0.15, 0.2) is 36.0 Å². The fourth-order valence-corrected chi connectivity index (χ4v) is 2.45. The molecular formula is C19H28. The first-order valence-electron chi connectivity index (χ1n) is 7.75. The second-order valence-electron chi connectivity index (χ2n) is 5.38. The third-order valence-corrected chi connectivity index (χ3v) is 3.67. The van der Waals surface area contributed by atoms with E-state index in [1.807, 2.05) is 6.92 Å². The molecule has 0 unspecified atom stereocenters. The average molecular weight is 256 g/mol. The molecule has 0 aromatic rings.